The lowest BCUT2D eigenvalue weighted by molar-refractivity contribution is -0.141. The molecule has 1 amide bonds. The average molecular weight is 206 g/mol. The average Bonchev–Trinajstić information content (AvgIpc) is 2.62. The van der Waals surface area contributed by atoms with Gasteiger partial charge in [-0.15, -0.1) is 0 Å². The van der Waals surface area contributed by atoms with E-state index < -0.39 is 11.9 Å². The molecule has 5 heteroatoms. The molecule has 1 aliphatic heterocycles. The molecule has 0 saturated carbocycles. The van der Waals surface area contributed by atoms with Gasteiger partial charge >= 0.3 is 5.97 Å². The van der Waals surface area contributed by atoms with Crippen molar-refractivity contribution >= 4 is 17.7 Å². The predicted molar refractivity (Wildman–Crippen MR) is 52.3 cm³/mol. The summed E-state index contributed by atoms with van der Waals surface area (Å²) in [6.07, 6.45) is 1.64. The van der Waals surface area contributed by atoms with E-state index in [1.54, 1.807) is 24.4 Å². The highest BCUT2D eigenvalue weighted by atomic mass is 16.4. The minimum atomic E-state index is -0.929. The molecule has 1 aromatic rings. The Kier molecular flexibility index (Phi) is 2.37. The Morgan fingerprint density at radius 1 is 1.53 bits per heavy atom. The number of hydrogen-bond donors (Lipinski definition) is 1. The molecule has 1 aromatic heterocycles. The highest BCUT2D eigenvalue weighted by molar-refractivity contribution is 5.98. The summed E-state index contributed by atoms with van der Waals surface area (Å²) in [6, 6.07) is 5.21. The number of aliphatic carboxylic acids is 1. The fraction of sp³-hybridized carbons (Fsp3) is 0.300. The van der Waals surface area contributed by atoms with Crippen molar-refractivity contribution in [1.29, 1.82) is 0 Å². The topological polar surface area (TPSA) is 70.5 Å². The van der Waals surface area contributed by atoms with Crippen LogP contribution >= 0.6 is 0 Å². The van der Waals surface area contributed by atoms with Gasteiger partial charge in [-0.2, -0.15) is 0 Å². The first kappa shape index (κ1) is 9.64. The van der Waals surface area contributed by atoms with Crippen molar-refractivity contribution in [2.75, 3.05) is 11.4 Å². The van der Waals surface area contributed by atoms with Crippen LogP contribution in [-0.4, -0.2) is 28.5 Å². The van der Waals surface area contributed by atoms with E-state index >= 15 is 0 Å². The summed E-state index contributed by atoms with van der Waals surface area (Å²) in [6.45, 7) is 0.213. The largest absolute Gasteiger partial charge is 0.481 e. The monoisotopic (exact) mass is 206 g/mol. The molecule has 1 atom stereocenters. The normalized spacial score (nSPS) is 20.7. The molecule has 0 radical (unpaired) electrons. The molecule has 5 nitrogen and oxygen atoms in total. The molecule has 1 aliphatic rings. The lowest BCUT2D eigenvalue weighted by atomic mass is 10.1. The summed E-state index contributed by atoms with van der Waals surface area (Å²) < 4.78 is 0. The molecule has 2 heterocycles. The SMILES string of the molecule is O=C(O)[C@@H]1CC(=O)N(c2ccccn2)C1. The molecule has 0 spiro atoms. The van der Waals surface area contributed by atoms with Crippen LogP contribution in [0.4, 0.5) is 5.82 Å². The van der Waals surface area contributed by atoms with Gasteiger partial charge in [0.1, 0.15) is 5.82 Å². The van der Waals surface area contributed by atoms with Crippen LogP contribution < -0.4 is 4.90 Å². The summed E-state index contributed by atoms with van der Waals surface area (Å²) in [5.41, 5.74) is 0. The molecule has 0 bridgehead atoms. The van der Waals surface area contributed by atoms with E-state index in [1.165, 1.54) is 4.90 Å². The number of hydrogen-bond acceptors (Lipinski definition) is 3. The van der Waals surface area contributed by atoms with Crippen LogP contribution in [0.15, 0.2) is 24.4 Å². The highest BCUT2D eigenvalue weighted by Crippen LogP contribution is 2.22. The first-order valence-electron chi connectivity index (χ1n) is 4.62. The third-order valence-corrected chi connectivity index (χ3v) is 2.40. The van der Waals surface area contributed by atoms with Gasteiger partial charge < -0.3 is 5.11 Å². The van der Waals surface area contributed by atoms with Crippen LogP contribution in [0.5, 0.6) is 0 Å². The molecule has 1 saturated heterocycles. The Morgan fingerprint density at radius 3 is 2.87 bits per heavy atom. The second-order valence-corrected chi connectivity index (χ2v) is 3.43. The molecular formula is C10H10N2O3. The maximum Gasteiger partial charge on any atom is 0.308 e. The Bertz CT molecular complexity index is 391. The van der Waals surface area contributed by atoms with E-state index in [0.717, 1.165) is 0 Å². The molecule has 78 valence electrons. The molecule has 1 fully saturated rings. The lowest BCUT2D eigenvalue weighted by Gasteiger charge is -2.13. The van der Waals surface area contributed by atoms with Gasteiger partial charge in [0.25, 0.3) is 0 Å². The second kappa shape index (κ2) is 3.68. The summed E-state index contributed by atoms with van der Waals surface area (Å²) in [4.78, 5) is 27.7. The van der Waals surface area contributed by atoms with Crippen molar-refractivity contribution in [1.82, 2.24) is 4.98 Å². The van der Waals surface area contributed by atoms with Crippen LogP contribution in [0.2, 0.25) is 0 Å². The number of carboxylic acid groups (broad SMARTS) is 1. The number of aromatic nitrogens is 1. The van der Waals surface area contributed by atoms with E-state index in [0.29, 0.717) is 5.82 Å². The number of rotatable bonds is 2. The van der Waals surface area contributed by atoms with Crippen molar-refractivity contribution in [3.63, 3.8) is 0 Å². The fourth-order valence-electron chi connectivity index (χ4n) is 1.61. The quantitative estimate of drug-likeness (QED) is 0.765. The molecule has 1 N–H and O–H groups in total. The smallest absolute Gasteiger partial charge is 0.308 e. The van der Waals surface area contributed by atoms with E-state index in [9.17, 15) is 9.59 Å². The maximum absolute atomic E-state index is 11.5. The van der Waals surface area contributed by atoms with Crippen molar-refractivity contribution in [2.24, 2.45) is 5.92 Å². The number of pyridine rings is 1. The van der Waals surface area contributed by atoms with Crippen LogP contribution in [0.25, 0.3) is 0 Å². The molecule has 2 rings (SSSR count). The van der Waals surface area contributed by atoms with Gasteiger partial charge in [0.2, 0.25) is 5.91 Å². The third kappa shape index (κ3) is 1.81. The zero-order valence-corrected chi connectivity index (χ0v) is 7.96. The predicted octanol–water partition coefficient (Wildman–Crippen LogP) is 0.519. The van der Waals surface area contributed by atoms with Crippen LogP contribution in [0.1, 0.15) is 6.42 Å². The third-order valence-electron chi connectivity index (χ3n) is 2.40. The first-order valence-corrected chi connectivity index (χ1v) is 4.62. The van der Waals surface area contributed by atoms with E-state index in [4.69, 9.17) is 5.11 Å². The maximum atomic E-state index is 11.5. The molecule has 15 heavy (non-hydrogen) atoms. The van der Waals surface area contributed by atoms with Crippen molar-refractivity contribution < 1.29 is 14.7 Å². The molecule has 0 aliphatic carbocycles. The molecular weight excluding hydrogens is 196 g/mol. The zero-order valence-electron chi connectivity index (χ0n) is 7.96. The van der Waals surface area contributed by atoms with Crippen molar-refractivity contribution in [3.8, 4) is 0 Å². The van der Waals surface area contributed by atoms with E-state index in [2.05, 4.69) is 4.98 Å². The summed E-state index contributed by atoms with van der Waals surface area (Å²) >= 11 is 0. The number of carbonyl (C=O) groups excluding carboxylic acids is 1. The van der Waals surface area contributed by atoms with E-state index in [1.807, 2.05) is 0 Å². The summed E-state index contributed by atoms with van der Waals surface area (Å²) in [5.74, 6) is -1.20. The van der Waals surface area contributed by atoms with Gasteiger partial charge in [0, 0.05) is 19.2 Å². The minimum absolute atomic E-state index is 0.0614. The van der Waals surface area contributed by atoms with Gasteiger partial charge in [0.05, 0.1) is 5.92 Å². The zero-order chi connectivity index (χ0) is 10.8. The van der Waals surface area contributed by atoms with E-state index in [-0.39, 0.29) is 18.9 Å². The Labute approximate surface area is 86.3 Å². The standard InChI is InChI=1S/C10H10N2O3/c13-9-5-7(10(14)15)6-12(9)8-3-1-2-4-11-8/h1-4,7H,5-6H2,(H,14,15)/t7-/m1/s1. The first-order chi connectivity index (χ1) is 7.18. The van der Waals surface area contributed by atoms with Gasteiger partial charge in [-0.05, 0) is 12.1 Å². The van der Waals surface area contributed by atoms with Gasteiger partial charge in [-0.25, -0.2) is 4.98 Å². The fourth-order valence-corrected chi connectivity index (χ4v) is 1.61. The minimum Gasteiger partial charge on any atom is -0.481 e. The second-order valence-electron chi connectivity index (χ2n) is 3.43. The number of nitrogens with zero attached hydrogens (tertiary/aromatic N) is 2. The number of anilines is 1. The van der Waals surface area contributed by atoms with Crippen LogP contribution in [0.3, 0.4) is 0 Å². The number of amides is 1. The number of carboxylic acids is 1. The Hall–Kier alpha value is -1.91. The summed E-state index contributed by atoms with van der Waals surface area (Å²) in [5, 5.41) is 8.80. The summed E-state index contributed by atoms with van der Waals surface area (Å²) in [7, 11) is 0. The lowest BCUT2D eigenvalue weighted by Crippen LogP contribution is -2.26. The highest BCUT2D eigenvalue weighted by Gasteiger charge is 2.35. The van der Waals surface area contributed by atoms with Crippen molar-refractivity contribution in [3.05, 3.63) is 24.4 Å². The van der Waals surface area contributed by atoms with Crippen LogP contribution in [-0.2, 0) is 9.59 Å². The Morgan fingerprint density at radius 2 is 2.33 bits per heavy atom. The van der Waals surface area contributed by atoms with Crippen LogP contribution in [0, 0.1) is 5.92 Å². The van der Waals surface area contributed by atoms with Gasteiger partial charge in [0.15, 0.2) is 0 Å². The number of carbonyl (C=O) groups is 2. The Balaban J connectivity index is 2.19. The molecule has 0 aromatic carbocycles. The van der Waals surface area contributed by atoms with Crippen molar-refractivity contribution in [2.45, 2.75) is 6.42 Å². The molecule has 0 unspecified atom stereocenters. The van der Waals surface area contributed by atoms with Gasteiger partial charge in [-0.1, -0.05) is 6.07 Å². The van der Waals surface area contributed by atoms with Gasteiger partial charge in [-0.3, -0.25) is 14.5 Å².